The molecule has 1 aromatic rings. The first-order valence-corrected chi connectivity index (χ1v) is 6.40. The molecule has 0 fully saturated rings. The number of carbonyl (C=O) groups excluding carboxylic acids is 2. The van der Waals surface area contributed by atoms with Gasteiger partial charge in [-0.15, -0.1) is 0 Å². The summed E-state index contributed by atoms with van der Waals surface area (Å²) < 4.78 is 0. The first kappa shape index (κ1) is 14.4. The summed E-state index contributed by atoms with van der Waals surface area (Å²) in [7, 11) is 3.33. The number of nitrogens with zero attached hydrogens (tertiary/aromatic N) is 3. The third-order valence-corrected chi connectivity index (χ3v) is 3.48. The Bertz CT molecular complexity index is 456. The van der Waals surface area contributed by atoms with Gasteiger partial charge in [-0.1, -0.05) is 11.3 Å². The molecular formula is C11H18N4O2S. The molecule has 1 rings (SSSR count). The number of aromatic nitrogens is 1. The highest BCUT2D eigenvalue weighted by molar-refractivity contribution is 7.17. The van der Waals surface area contributed by atoms with Gasteiger partial charge >= 0.3 is 0 Å². The van der Waals surface area contributed by atoms with Gasteiger partial charge < -0.3 is 15.5 Å². The van der Waals surface area contributed by atoms with Crippen molar-refractivity contribution in [3.63, 3.8) is 0 Å². The molecule has 18 heavy (non-hydrogen) atoms. The molecule has 2 N–H and O–H groups in total. The lowest BCUT2D eigenvalue weighted by molar-refractivity contribution is -0.129. The Labute approximate surface area is 110 Å². The number of rotatable bonds is 4. The van der Waals surface area contributed by atoms with Gasteiger partial charge in [0, 0.05) is 20.6 Å². The number of nitrogen functional groups attached to an aromatic ring is 1. The van der Waals surface area contributed by atoms with Crippen LogP contribution < -0.4 is 5.73 Å². The molecule has 100 valence electrons. The van der Waals surface area contributed by atoms with E-state index < -0.39 is 0 Å². The van der Waals surface area contributed by atoms with Crippen molar-refractivity contribution < 1.29 is 9.59 Å². The number of aryl methyl sites for hydroxylation is 1. The largest absolute Gasteiger partial charge is 0.375 e. The Morgan fingerprint density at radius 1 is 1.39 bits per heavy atom. The predicted octanol–water partition coefficient (Wildman–Crippen LogP) is 0.584. The van der Waals surface area contributed by atoms with Gasteiger partial charge in [0.2, 0.25) is 5.91 Å². The number of likely N-dealkylation sites (N-methyl/N-ethyl adjacent to an activating group) is 2. The first-order chi connectivity index (χ1) is 8.36. The van der Waals surface area contributed by atoms with E-state index in [-0.39, 0.29) is 18.4 Å². The van der Waals surface area contributed by atoms with Crippen molar-refractivity contribution in [3.8, 4) is 0 Å². The third kappa shape index (κ3) is 3.19. The maximum atomic E-state index is 12.2. The molecule has 1 heterocycles. The molecule has 0 atom stereocenters. The van der Waals surface area contributed by atoms with Crippen LogP contribution in [0, 0.1) is 6.92 Å². The van der Waals surface area contributed by atoms with E-state index >= 15 is 0 Å². The molecule has 7 heteroatoms. The summed E-state index contributed by atoms with van der Waals surface area (Å²) >= 11 is 1.15. The summed E-state index contributed by atoms with van der Waals surface area (Å²) in [6, 6.07) is 0. The molecule has 0 radical (unpaired) electrons. The number of thiazole rings is 1. The molecule has 1 aromatic heterocycles. The normalized spacial score (nSPS) is 10.2. The molecule has 0 saturated heterocycles. The van der Waals surface area contributed by atoms with Crippen LogP contribution in [0.1, 0.15) is 22.3 Å². The number of carbonyl (C=O) groups is 2. The molecular weight excluding hydrogens is 252 g/mol. The van der Waals surface area contributed by atoms with E-state index in [2.05, 4.69) is 4.98 Å². The molecule has 0 saturated carbocycles. The van der Waals surface area contributed by atoms with Crippen molar-refractivity contribution in [1.29, 1.82) is 0 Å². The van der Waals surface area contributed by atoms with E-state index in [9.17, 15) is 9.59 Å². The molecule has 0 aromatic carbocycles. The van der Waals surface area contributed by atoms with Gasteiger partial charge in [0.05, 0.1) is 5.69 Å². The fourth-order valence-corrected chi connectivity index (χ4v) is 2.19. The minimum Gasteiger partial charge on any atom is -0.375 e. The number of anilines is 1. The lowest BCUT2D eigenvalue weighted by Crippen LogP contribution is -2.40. The van der Waals surface area contributed by atoms with Crippen molar-refractivity contribution >= 4 is 28.3 Å². The zero-order chi connectivity index (χ0) is 13.9. The number of hydrogen-bond acceptors (Lipinski definition) is 5. The van der Waals surface area contributed by atoms with Crippen molar-refractivity contribution in [2.24, 2.45) is 0 Å². The van der Waals surface area contributed by atoms with Crippen LogP contribution in [0.2, 0.25) is 0 Å². The SMILES string of the molecule is CCN(CC(=O)N(C)C)C(=O)c1sc(N)nc1C. The molecule has 0 aliphatic carbocycles. The maximum Gasteiger partial charge on any atom is 0.266 e. The topological polar surface area (TPSA) is 79.5 Å². The van der Waals surface area contributed by atoms with Gasteiger partial charge in [0.1, 0.15) is 11.4 Å². The van der Waals surface area contributed by atoms with E-state index in [1.807, 2.05) is 6.92 Å². The van der Waals surface area contributed by atoms with E-state index in [1.165, 1.54) is 9.80 Å². The second-order valence-corrected chi connectivity index (χ2v) is 5.10. The van der Waals surface area contributed by atoms with E-state index in [1.54, 1.807) is 21.0 Å². The zero-order valence-electron chi connectivity index (χ0n) is 11.1. The quantitative estimate of drug-likeness (QED) is 0.868. The van der Waals surface area contributed by atoms with Crippen LogP contribution in [0.5, 0.6) is 0 Å². The Hall–Kier alpha value is -1.63. The molecule has 0 spiro atoms. The van der Waals surface area contributed by atoms with E-state index in [4.69, 9.17) is 5.73 Å². The van der Waals surface area contributed by atoms with Crippen molar-refractivity contribution in [2.45, 2.75) is 13.8 Å². The van der Waals surface area contributed by atoms with Crippen LogP contribution >= 0.6 is 11.3 Å². The molecule has 0 bridgehead atoms. The summed E-state index contributed by atoms with van der Waals surface area (Å²) in [5.41, 5.74) is 6.18. The van der Waals surface area contributed by atoms with Crippen LogP contribution in [0.15, 0.2) is 0 Å². The monoisotopic (exact) mass is 270 g/mol. The first-order valence-electron chi connectivity index (χ1n) is 5.59. The van der Waals surface area contributed by atoms with Gasteiger partial charge in [-0.3, -0.25) is 9.59 Å². The van der Waals surface area contributed by atoms with Crippen LogP contribution in [-0.2, 0) is 4.79 Å². The Morgan fingerprint density at radius 2 is 2.00 bits per heavy atom. The van der Waals surface area contributed by atoms with Crippen LogP contribution in [0.25, 0.3) is 0 Å². The molecule has 6 nitrogen and oxygen atoms in total. The van der Waals surface area contributed by atoms with E-state index in [0.717, 1.165) is 11.3 Å². The lowest BCUT2D eigenvalue weighted by atomic mass is 10.3. The number of nitrogens with two attached hydrogens (primary N) is 1. The number of amides is 2. The molecule has 0 aliphatic heterocycles. The minimum absolute atomic E-state index is 0.0690. The zero-order valence-corrected chi connectivity index (χ0v) is 11.9. The van der Waals surface area contributed by atoms with Crippen LogP contribution in [0.3, 0.4) is 0 Å². The van der Waals surface area contributed by atoms with Crippen LogP contribution in [-0.4, -0.2) is 53.8 Å². The Kier molecular flexibility index (Phi) is 4.66. The summed E-state index contributed by atoms with van der Waals surface area (Å²) in [5.74, 6) is -0.306. The highest BCUT2D eigenvalue weighted by Gasteiger charge is 2.22. The van der Waals surface area contributed by atoms with Gasteiger partial charge in [-0.25, -0.2) is 4.98 Å². The lowest BCUT2D eigenvalue weighted by Gasteiger charge is -2.21. The second kappa shape index (κ2) is 5.81. The van der Waals surface area contributed by atoms with Gasteiger partial charge in [-0.05, 0) is 13.8 Å². The van der Waals surface area contributed by atoms with E-state index in [0.29, 0.717) is 22.2 Å². The van der Waals surface area contributed by atoms with Crippen LogP contribution in [0.4, 0.5) is 5.13 Å². The fourth-order valence-electron chi connectivity index (χ4n) is 1.39. The summed E-state index contributed by atoms with van der Waals surface area (Å²) in [6.07, 6.45) is 0. The Morgan fingerprint density at radius 3 is 2.39 bits per heavy atom. The summed E-state index contributed by atoms with van der Waals surface area (Å²) in [6.45, 7) is 4.11. The molecule has 2 amide bonds. The third-order valence-electron chi connectivity index (χ3n) is 2.50. The molecule has 0 aliphatic rings. The highest BCUT2D eigenvalue weighted by Crippen LogP contribution is 2.21. The molecule has 0 unspecified atom stereocenters. The van der Waals surface area contributed by atoms with Gasteiger partial charge in [0.25, 0.3) is 5.91 Å². The maximum absolute atomic E-state index is 12.2. The standard InChI is InChI=1S/C11H18N4O2S/c1-5-15(6-8(16)14(3)4)10(17)9-7(2)13-11(12)18-9/h5-6H2,1-4H3,(H2,12,13). The fraction of sp³-hybridized carbons (Fsp3) is 0.545. The number of hydrogen-bond donors (Lipinski definition) is 1. The summed E-state index contributed by atoms with van der Waals surface area (Å²) in [4.78, 5) is 31.3. The predicted molar refractivity (Wildman–Crippen MR) is 71.5 cm³/mol. The van der Waals surface area contributed by atoms with Crippen molar-refractivity contribution in [2.75, 3.05) is 32.9 Å². The summed E-state index contributed by atoms with van der Waals surface area (Å²) in [5, 5.41) is 0.367. The average molecular weight is 270 g/mol. The second-order valence-electron chi connectivity index (χ2n) is 4.07. The smallest absolute Gasteiger partial charge is 0.266 e. The highest BCUT2D eigenvalue weighted by atomic mass is 32.1. The minimum atomic E-state index is -0.195. The van der Waals surface area contributed by atoms with Crippen molar-refractivity contribution in [1.82, 2.24) is 14.8 Å². The van der Waals surface area contributed by atoms with Gasteiger partial charge in [-0.2, -0.15) is 0 Å². The average Bonchev–Trinajstić information content (AvgIpc) is 2.63. The Balaban J connectivity index is 2.86. The van der Waals surface area contributed by atoms with Gasteiger partial charge in [0.15, 0.2) is 5.13 Å². The van der Waals surface area contributed by atoms with Crippen molar-refractivity contribution in [3.05, 3.63) is 10.6 Å².